The second kappa shape index (κ2) is 4.72. The summed E-state index contributed by atoms with van der Waals surface area (Å²) in [5, 5.41) is 0.633. The Hall–Kier alpha value is -1.26. The summed E-state index contributed by atoms with van der Waals surface area (Å²) in [4.78, 5) is 4.04. The van der Waals surface area contributed by atoms with Gasteiger partial charge in [-0.3, -0.25) is 0 Å². The molecule has 0 bridgehead atoms. The zero-order valence-electron chi connectivity index (χ0n) is 8.15. The van der Waals surface area contributed by atoms with E-state index < -0.39 is 0 Å². The highest BCUT2D eigenvalue weighted by molar-refractivity contribution is 9.10. The van der Waals surface area contributed by atoms with E-state index >= 15 is 0 Å². The average molecular weight is 300 g/mol. The molecule has 0 saturated carbocycles. The lowest BCUT2D eigenvalue weighted by Gasteiger charge is -2.08. The van der Waals surface area contributed by atoms with Gasteiger partial charge >= 0.3 is 0 Å². The maximum atomic E-state index is 5.83. The highest BCUT2D eigenvalue weighted by Crippen LogP contribution is 2.32. The van der Waals surface area contributed by atoms with Crippen molar-refractivity contribution >= 4 is 33.2 Å². The van der Waals surface area contributed by atoms with Crippen molar-refractivity contribution in [2.75, 3.05) is 5.73 Å². The van der Waals surface area contributed by atoms with Gasteiger partial charge in [-0.1, -0.05) is 11.6 Å². The quantitative estimate of drug-likeness (QED) is 0.915. The Morgan fingerprint density at radius 3 is 2.81 bits per heavy atom. The predicted octanol–water partition coefficient (Wildman–Crippen LogP) is 3.87. The smallest absolute Gasteiger partial charge is 0.242 e. The summed E-state index contributed by atoms with van der Waals surface area (Å²) >= 11 is 9.18. The van der Waals surface area contributed by atoms with Gasteiger partial charge in [0.05, 0.1) is 10.2 Å². The Kier molecular flexibility index (Phi) is 3.31. The predicted molar refractivity (Wildman–Crippen MR) is 67.9 cm³/mol. The molecule has 0 unspecified atom stereocenters. The highest BCUT2D eigenvalue weighted by Gasteiger charge is 2.06. The van der Waals surface area contributed by atoms with Crippen LogP contribution >= 0.6 is 27.5 Å². The third-order valence-electron chi connectivity index (χ3n) is 1.90. The molecule has 16 heavy (non-hydrogen) atoms. The standard InChI is InChI=1S/C11H8BrClN2O/c12-8-6-7(13)3-4-10(8)16-11-9(14)2-1-5-15-11/h1-6H,14H2. The van der Waals surface area contributed by atoms with Crippen molar-refractivity contribution in [1.82, 2.24) is 4.98 Å². The molecule has 0 aliphatic rings. The van der Waals surface area contributed by atoms with Crippen molar-refractivity contribution in [2.24, 2.45) is 0 Å². The van der Waals surface area contributed by atoms with E-state index in [1.165, 1.54) is 0 Å². The molecule has 2 rings (SSSR count). The Balaban J connectivity index is 2.31. The number of rotatable bonds is 2. The van der Waals surface area contributed by atoms with Gasteiger partial charge in [0.25, 0.3) is 0 Å². The summed E-state index contributed by atoms with van der Waals surface area (Å²) in [7, 11) is 0. The fourth-order valence-electron chi connectivity index (χ4n) is 1.15. The molecule has 0 fully saturated rings. The van der Waals surface area contributed by atoms with Crippen molar-refractivity contribution in [3.8, 4) is 11.6 Å². The third-order valence-corrected chi connectivity index (χ3v) is 2.76. The summed E-state index contributed by atoms with van der Waals surface area (Å²) in [6.45, 7) is 0. The number of nitrogen functional groups attached to an aromatic ring is 1. The van der Waals surface area contributed by atoms with Gasteiger partial charge in [-0.25, -0.2) is 4.98 Å². The van der Waals surface area contributed by atoms with Crippen LogP contribution in [0.5, 0.6) is 11.6 Å². The van der Waals surface area contributed by atoms with Crippen molar-refractivity contribution in [3.05, 3.63) is 46.0 Å². The summed E-state index contributed by atoms with van der Waals surface area (Å²) in [5.41, 5.74) is 6.21. The Bertz CT molecular complexity index is 519. The second-order valence-electron chi connectivity index (χ2n) is 3.07. The Labute approximate surface area is 106 Å². The van der Waals surface area contributed by atoms with Crippen molar-refractivity contribution in [1.29, 1.82) is 0 Å². The van der Waals surface area contributed by atoms with Gasteiger partial charge in [-0.2, -0.15) is 0 Å². The van der Waals surface area contributed by atoms with Crippen LogP contribution in [0.25, 0.3) is 0 Å². The van der Waals surface area contributed by atoms with Crippen molar-refractivity contribution in [2.45, 2.75) is 0 Å². The van der Waals surface area contributed by atoms with Crippen LogP contribution in [0.15, 0.2) is 41.0 Å². The zero-order valence-corrected chi connectivity index (χ0v) is 10.5. The Morgan fingerprint density at radius 2 is 2.12 bits per heavy atom. The summed E-state index contributed by atoms with van der Waals surface area (Å²) < 4.78 is 6.31. The summed E-state index contributed by atoms with van der Waals surface area (Å²) in [6.07, 6.45) is 1.62. The molecule has 3 nitrogen and oxygen atoms in total. The number of pyridine rings is 1. The molecule has 2 aromatic rings. The first-order valence-corrected chi connectivity index (χ1v) is 5.67. The molecule has 2 N–H and O–H groups in total. The number of hydrogen-bond donors (Lipinski definition) is 1. The summed E-state index contributed by atoms with van der Waals surface area (Å²) in [6, 6.07) is 8.71. The molecular weight excluding hydrogens is 291 g/mol. The minimum absolute atomic E-state index is 0.380. The number of nitrogens with two attached hydrogens (primary N) is 1. The van der Waals surface area contributed by atoms with Gasteiger partial charge in [0.1, 0.15) is 5.75 Å². The molecule has 0 aliphatic carbocycles. The van der Waals surface area contributed by atoms with E-state index in [2.05, 4.69) is 20.9 Å². The van der Waals surface area contributed by atoms with E-state index in [4.69, 9.17) is 22.1 Å². The van der Waals surface area contributed by atoms with Gasteiger partial charge in [0.2, 0.25) is 5.88 Å². The molecule has 0 saturated heterocycles. The number of aromatic nitrogens is 1. The molecule has 1 heterocycles. The van der Waals surface area contributed by atoms with Crippen molar-refractivity contribution in [3.63, 3.8) is 0 Å². The number of benzene rings is 1. The number of ether oxygens (including phenoxy) is 1. The maximum Gasteiger partial charge on any atom is 0.242 e. The third kappa shape index (κ3) is 2.46. The van der Waals surface area contributed by atoms with Crippen LogP contribution in [-0.4, -0.2) is 4.98 Å². The lowest BCUT2D eigenvalue weighted by molar-refractivity contribution is 0.463. The maximum absolute atomic E-state index is 5.83. The number of anilines is 1. The first-order valence-electron chi connectivity index (χ1n) is 4.50. The molecule has 0 aliphatic heterocycles. The SMILES string of the molecule is Nc1cccnc1Oc1ccc(Cl)cc1Br. The Morgan fingerprint density at radius 1 is 1.31 bits per heavy atom. The lowest BCUT2D eigenvalue weighted by Crippen LogP contribution is -1.94. The molecule has 0 radical (unpaired) electrons. The average Bonchev–Trinajstić information content (AvgIpc) is 2.25. The normalized spacial score (nSPS) is 10.1. The number of halogens is 2. The van der Waals surface area contributed by atoms with Crippen LogP contribution in [-0.2, 0) is 0 Å². The molecule has 1 aromatic heterocycles. The van der Waals surface area contributed by atoms with E-state index in [0.29, 0.717) is 22.3 Å². The first kappa shape index (κ1) is 11.2. The molecule has 1 aromatic carbocycles. The largest absolute Gasteiger partial charge is 0.436 e. The fourth-order valence-corrected chi connectivity index (χ4v) is 1.91. The van der Waals surface area contributed by atoms with E-state index in [9.17, 15) is 0 Å². The molecule has 0 atom stereocenters. The second-order valence-corrected chi connectivity index (χ2v) is 4.37. The molecule has 5 heteroatoms. The topological polar surface area (TPSA) is 48.1 Å². The van der Waals surface area contributed by atoms with Crippen LogP contribution in [0, 0.1) is 0 Å². The molecular formula is C11H8BrClN2O. The molecule has 0 amide bonds. The van der Waals surface area contributed by atoms with Crippen LogP contribution in [0.4, 0.5) is 5.69 Å². The molecule has 0 spiro atoms. The van der Waals surface area contributed by atoms with Crippen molar-refractivity contribution < 1.29 is 4.74 Å². The van der Waals surface area contributed by atoms with E-state index in [-0.39, 0.29) is 0 Å². The van der Waals surface area contributed by atoms with Gasteiger partial charge < -0.3 is 10.5 Å². The zero-order chi connectivity index (χ0) is 11.5. The van der Waals surface area contributed by atoms with Gasteiger partial charge in [-0.15, -0.1) is 0 Å². The van der Waals surface area contributed by atoms with Gasteiger partial charge in [0, 0.05) is 11.2 Å². The number of hydrogen-bond acceptors (Lipinski definition) is 3. The van der Waals surface area contributed by atoms with Crippen LogP contribution in [0.3, 0.4) is 0 Å². The van der Waals surface area contributed by atoms with Crippen LogP contribution < -0.4 is 10.5 Å². The monoisotopic (exact) mass is 298 g/mol. The number of nitrogens with zero attached hydrogens (tertiary/aromatic N) is 1. The van der Waals surface area contributed by atoms with Crippen LogP contribution in [0.2, 0.25) is 5.02 Å². The minimum atomic E-state index is 0.380. The van der Waals surface area contributed by atoms with E-state index in [0.717, 1.165) is 4.47 Å². The first-order chi connectivity index (χ1) is 7.66. The van der Waals surface area contributed by atoms with E-state index in [1.54, 1.807) is 36.5 Å². The summed E-state index contributed by atoms with van der Waals surface area (Å²) in [5.74, 6) is 1.00. The fraction of sp³-hybridized carbons (Fsp3) is 0. The van der Waals surface area contributed by atoms with Crippen LogP contribution in [0.1, 0.15) is 0 Å². The molecule has 82 valence electrons. The van der Waals surface area contributed by atoms with Gasteiger partial charge in [-0.05, 0) is 46.3 Å². The van der Waals surface area contributed by atoms with E-state index in [1.807, 2.05) is 0 Å². The highest BCUT2D eigenvalue weighted by atomic mass is 79.9. The minimum Gasteiger partial charge on any atom is -0.436 e. The lowest BCUT2D eigenvalue weighted by atomic mass is 10.3. The van der Waals surface area contributed by atoms with Gasteiger partial charge in [0.15, 0.2) is 0 Å².